The SMILES string of the molecule is CCOc1ccc(N2C[C@H](NC(=O)/C=C\c3ccc(OC)c(OC)c3)CC2=O)cc1. The van der Waals surface area contributed by atoms with Gasteiger partial charge in [0.1, 0.15) is 5.75 Å². The standard InChI is InChI=1S/C23H26N2O5/c1-4-30-19-9-7-18(8-10-19)25-15-17(14-23(25)27)24-22(26)12-6-16-5-11-20(28-2)21(13-16)29-3/h5-13,17H,4,14-15H2,1-3H3,(H,24,26)/b12-6-/t17-/m1/s1. The van der Waals surface area contributed by atoms with Crippen LogP contribution in [-0.4, -0.2) is 45.2 Å². The topological polar surface area (TPSA) is 77.1 Å². The molecule has 0 aromatic heterocycles. The van der Waals surface area contributed by atoms with Crippen LogP contribution in [0.1, 0.15) is 18.9 Å². The van der Waals surface area contributed by atoms with Crippen LogP contribution < -0.4 is 24.4 Å². The number of carbonyl (C=O) groups excluding carboxylic acids is 2. The van der Waals surface area contributed by atoms with E-state index in [4.69, 9.17) is 14.2 Å². The van der Waals surface area contributed by atoms with E-state index in [0.29, 0.717) is 24.7 Å². The Balaban J connectivity index is 1.58. The Labute approximate surface area is 176 Å². The zero-order valence-corrected chi connectivity index (χ0v) is 17.4. The Hall–Kier alpha value is -3.48. The molecule has 2 aromatic carbocycles. The number of benzene rings is 2. The van der Waals surface area contributed by atoms with E-state index in [1.54, 1.807) is 37.3 Å². The zero-order valence-electron chi connectivity index (χ0n) is 17.4. The first kappa shape index (κ1) is 21.2. The molecular formula is C23H26N2O5. The Morgan fingerprint density at radius 2 is 1.87 bits per heavy atom. The molecule has 3 rings (SSSR count). The van der Waals surface area contributed by atoms with Crippen molar-refractivity contribution in [2.45, 2.75) is 19.4 Å². The number of nitrogens with one attached hydrogen (secondary N) is 1. The summed E-state index contributed by atoms with van der Waals surface area (Å²) in [5.74, 6) is 1.70. The van der Waals surface area contributed by atoms with Crippen molar-refractivity contribution in [3.63, 3.8) is 0 Å². The summed E-state index contributed by atoms with van der Waals surface area (Å²) in [5.41, 5.74) is 1.60. The first-order valence-corrected chi connectivity index (χ1v) is 9.78. The highest BCUT2D eigenvalue weighted by atomic mass is 16.5. The molecule has 2 aromatic rings. The molecule has 1 heterocycles. The molecule has 158 valence electrons. The van der Waals surface area contributed by atoms with Crippen molar-refractivity contribution in [2.24, 2.45) is 0 Å². The summed E-state index contributed by atoms with van der Waals surface area (Å²) in [4.78, 5) is 26.4. The summed E-state index contributed by atoms with van der Waals surface area (Å²) in [6.45, 7) is 2.94. The first-order chi connectivity index (χ1) is 14.5. The number of amides is 2. The maximum Gasteiger partial charge on any atom is 0.244 e. The van der Waals surface area contributed by atoms with E-state index in [2.05, 4.69) is 5.32 Å². The van der Waals surface area contributed by atoms with Gasteiger partial charge in [0.15, 0.2) is 11.5 Å². The van der Waals surface area contributed by atoms with Gasteiger partial charge in [0.05, 0.1) is 26.9 Å². The molecule has 0 bridgehead atoms. The summed E-state index contributed by atoms with van der Waals surface area (Å²) in [6, 6.07) is 12.5. The second kappa shape index (κ2) is 9.82. The molecule has 1 saturated heterocycles. The highest BCUT2D eigenvalue weighted by Crippen LogP contribution is 2.28. The minimum Gasteiger partial charge on any atom is -0.494 e. The van der Waals surface area contributed by atoms with E-state index < -0.39 is 0 Å². The number of methoxy groups -OCH3 is 2. The fraction of sp³-hybridized carbons (Fsp3) is 0.304. The minimum atomic E-state index is -0.254. The van der Waals surface area contributed by atoms with Crippen LogP contribution in [0.3, 0.4) is 0 Å². The summed E-state index contributed by atoms with van der Waals surface area (Å²) >= 11 is 0. The first-order valence-electron chi connectivity index (χ1n) is 9.78. The van der Waals surface area contributed by atoms with Gasteiger partial charge < -0.3 is 24.4 Å². The molecule has 0 saturated carbocycles. The maximum absolute atomic E-state index is 12.4. The van der Waals surface area contributed by atoms with E-state index in [9.17, 15) is 9.59 Å². The van der Waals surface area contributed by atoms with Crippen LogP contribution in [0.25, 0.3) is 6.08 Å². The van der Waals surface area contributed by atoms with Gasteiger partial charge in [-0.05, 0) is 55.0 Å². The molecular weight excluding hydrogens is 384 g/mol. The van der Waals surface area contributed by atoms with Gasteiger partial charge in [0.2, 0.25) is 11.8 Å². The molecule has 0 aliphatic carbocycles. The van der Waals surface area contributed by atoms with Gasteiger partial charge >= 0.3 is 0 Å². The Kier molecular flexibility index (Phi) is 6.95. The number of hydrogen-bond donors (Lipinski definition) is 1. The number of rotatable bonds is 8. The molecule has 1 N–H and O–H groups in total. The lowest BCUT2D eigenvalue weighted by molar-refractivity contribution is -0.117. The molecule has 1 fully saturated rings. The smallest absolute Gasteiger partial charge is 0.244 e. The molecule has 1 atom stereocenters. The molecule has 7 nitrogen and oxygen atoms in total. The van der Waals surface area contributed by atoms with E-state index >= 15 is 0 Å². The number of carbonyl (C=O) groups is 2. The van der Waals surface area contributed by atoms with Gasteiger partial charge in [-0.2, -0.15) is 0 Å². The fourth-order valence-electron chi connectivity index (χ4n) is 3.32. The Morgan fingerprint density at radius 1 is 1.13 bits per heavy atom. The molecule has 1 aliphatic heterocycles. The number of anilines is 1. The Bertz CT molecular complexity index is 924. The van der Waals surface area contributed by atoms with Gasteiger partial charge in [-0.25, -0.2) is 0 Å². The van der Waals surface area contributed by atoms with E-state index in [1.807, 2.05) is 37.3 Å². The van der Waals surface area contributed by atoms with Crippen LogP contribution in [0, 0.1) is 0 Å². The summed E-state index contributed by atoms with van der Waals surface area (Å²) in [7, 11) is 3.13. The van der Waals surface area contributed by atoms with Crippen LogP contribution in [0.15, 0.2) is 48.5 Å². The highest BCUT2D eigenvalue weighted by molar-refractivity contribution is 5.98. The third-order valence-electron chi connectivity index (χ3n) is 4.77. The van der Waals surface area contributed by atoms with Crippen LogP contribution in [-0.2, 0) is 9.59 Å². The second-order valence-electron chi connectivity index (χ2n) is 6.79. The monoisotopic (exact) mass is 410 g/mol. The predicted molar refractivity (Wildman–Crippen MR) is 115 cm³/mol. The van der Waals surface area contributed by atoms with Crippen molar-refractivity contribution >= 4 is 23.6 Å². The number of ether oxygens (including phenoxy) is 3. The van der Waals surface area contributed by atoms with Gasteiger partial charge in [0, 0.05) is 24.7 Å². The summed E-state index contributed by atoms with van der Waals surface area (Å²) in [6.07, 6.45) is 3.41. The second-order valence-corrected chi connectivity index (χ2v) is 6.79. The lowest BCUT2D eigenvalue weighted by Gasteiger charge is -2.17. The minimum absolute atomic E-state index is 0.0201. The van der Waals surface area contributed by atoms with E-state index in [-0.39, 0.29) is 24.3 Å². The third-order valence-corrected chi connectivity index (χ3v) is 4.77. The summed E-state index contributed by atoms with van der Waals surface area (Å²) in [5, 5.41) is 2.89. The number of nitrogens with zero attached hydrogens (tertiary/aromatic N) is 1. The zero-order chi connectivity index (χ0) is 21.5. The average Bonchev–Trinajstić information content (AvgIpc) is 3.12. The van der Waals surface area contributed by atoms with Crippen molar-refractivity contribution in [1.29, 1.82) is 0 Å². The van der Waals surface area contributed by atoms with Crippen LogP contribution >= 0.6 is 0 Å². The van der Waals surface area contributed by atoms with Crippen molar-refractivity contribution < 1.29 is 23.8 Å². The predicted octanol–water partition coefficient (Wildman–Crippen LogP) is 3.04. The molecule has 0 radical (unpaired) electrons. The average molecular weight is 410 g/mol. The normalized spacial score (nSPS) is 16.0. The van der Waals surface area contributed by atoms with Crippen molar-refractivity contribution in [1.82, 2.24) is 5.32 Å². The molecule has 1 aliphatic rings. The maximum atomic E-state index is 12.4. The molecule has 2 amide bonds. The van der Waals surface area contributed by atoms with E-state index in [1.165, 1.54) is 6.08 Å². The molecule has 7 heteroatoms. The quantitative estimate of drug-likeness (QED) is 0.677. The third kappa shape index (κ3) is 5.11. The largest absolute Gasteiger partial charge is 0.494 e. The number of hydrogen-bond acceptors (Lipinski definition) is 5. The van der Waals surface area contributed by atoms with Crippen molar-refractivity contribution in [3.8, 4) is 17.2 Å². The van der Waals surface area contributed by atoms with E-state index in [0.717, 1.165) is 17.0 Å². The van der Waals surface area contributed by atoms with Gasteiger partial charge in [-0.1, -0.05) is 6.07 Å². The molecule has 30 heavy (non-hydrogen) atoms. The highest BCUT2D eigenvalue weighted by Gasteiger charge is 2.31. The van der Waals surface area contributed by atoms with Gasteiger partial charge in [-0.3, -0.25) is 9.59 Å². The molecule has 0 unspecified atom stereocenters. The van der Waals surface area contributed by atoms with Gasteiger partial charge in [0.25, 0.3) is 0 Å². The van der Waals surface area contributed by atoms with Crippen molar-refractivity contribution in [2.75, 3.05) is 32.3 Å². The van der Waals surface area contributed by atoms with Crippen LogP contribution in [0.5, 0.6) is 17.2 Å². The van der Waals surface area contributed by atoms with Crippen LogP contribution in [0.4, 0.5) is 5.69 Å². The van der Waals surface area contributed by atoms with Crippen molar-refractivity contribution in [3.05, 3.63) is 54.1 Å². The molecule has 0 spiro atoms. The lowest BCUT2D eigenvalue weighted by atomic mass is 10.2. The fourth-order valence-corrected chi connectivity index (χ4v) is 3.32. The Morgan fingerprint density at radius 3 is 2.53 bits per heavy atom. The van der Waals surface area contributed by atoms with Crippen LogP contribution in [0.2, 0.25) is 0 Å². The lowest BCUT2D eigenvalue weighted by Crippen LogP contribution is -2.36. The van der Waals surface area contributed by atoms with Gasteiger partial charge in [-0.15, -0.1) is 0 Å². The summed E-state index contributed by atoms with van der Waals surface area (Å²) < 4.78 is 15.9.